The number of benzene rings is 2. The molecule has 2 aromatic rings. The lowest BCUT2D eigenvalue weighted by Gasteiger charge is -2.04. The Morgan fingerprint density at radius 3 is 1.36 bits per heavy atom. The highest BCUT2D eigenvalue weighted by atomic mass is 35.5. The number of hydrogen-bond acceptors (Lipinski definition) is 8. The van der Waals surface area contributed by atoms with E-state index in [2.05, 4.69) is 4.74 Å². The number of nitrogens with two attached hydrogens (primary N) is 2. The first kappa shape index (κ1) is 41.0. The molecule has 6 N–H and O–H groups in total. The number of rotatable bonds is 8. The molecule has 0 amide bonds. The van der Waals surface area contributed by atoms with Gasteiger partial charge >= 0.3 is 11.9 Å². The van der Waals surface area contributed by atoms with Crippen LogP contribution in [0.5, 0.6) is 11.5 Å². The molecule has 0 spiro atoms. The highest BCUT2D eigenvalue weighted by molar-refractivity contribution is 5.89. The molecule has 9 nitrogen and oxygen atoms in total. The average molecular weight is 534 g/mol. The monoisotopic (exact) mass is 532 g/mol. The van der Waals surface area contributed by atoms with Gasteiger partial charge in [-0.1, -0.05) is 7.43 Å². The van der Waals surface area contributed by atoms with E-state index in [0.717, 1.165) is 7.11 Å². The molecule has 0 saturated carbocycles. The van der Waals surface area contributed by atoms with E-state index in [1.807, 2.05) is 0 Å². The van der Waals surface area contributed by atoms with Gasteiger partial charge in [-0.25, -0.2) is 9.59 Å². The number of aliphatic hydroxyl groups excluding tert-OH is 1. The molecule has 0 unspecified atom stereocenters. The van der Waals surface area contributed by atoms with Crippen LogP contribution >= 0.6 is 37.2 Å². The Bertz CT molecular complexity index is 719. The average Bonchev–Trinajstić information content (AvgIpc) is 2.78. The summed E-state index contributed by atoms with van der Waals surface area (Å²) in [5.41, 5.74) is 11.3. The SMILES string of the molecule is C.CO.COC(=O)c1ccc(OCCN)cc1.Cl.Cl.Cl.NCCOc1ccc(C(=O)O)cc1. The molecule has 33 heavy (non-hydrogen) atoms. The number of hydrogen-bond donors (Lipinski definition) is 4. The fourth-order valence-corrected chi connectivity index (χ4v) is 1.85. The molecule has 192 valence electrons. The van der Waals surface area contributed by atoms with Crippen molar-refractivity contribution in [2.24, 2.45) is 11.5 Å². The molecule has 0 heterocycles. The van der Waals surface area contributed by atoms with Crippen LogP contribution in [0.25, 0.3) is 0 Å². The lowest BCUT2D eigenvalue weighted by Crippen LogP contribution is -2.10. The third kappa shape index (κ3) is 17.9. The third-order valence-electron chi connectivity index (χ3n) is 3.15. The van der Waals surface area contributed by atoms with Crippen LogP contribution in [0.3, 0.4) is 0 Å². The fourth-order valence-electron chi connectivity index (χ4n) is 1.85. The van der Waals surface area contributed by atoms with Gasteiger partial charge in [-0.05, 0) is 48.5 Å². The molecule has 2 rings (SSSR count). The van der Waals surface area contributed by atoms with E-state index in [1.165, 1.54) is 19.2 Å². The number of methoxy groups -OCH3 is 1. The molecule has 0 bridgehead atoms. The second-order valence-electron chi connectivity index (χ2n) is 5.12. The highest BCUT2D eigenvalue weighted by Crippen LogP contribution is 2.12. The van der Waals surface area contributed by atoms with E-state index in [9.17, 15) is 9.59 Å². The number of carbonyl (C=O) groups is 2. The van der Waals surface area contributed by atoms with Crippen LogP contribution in [0, 0.1) is 0 Å². The van der Waals surface area contributed by atoms with E-state index in [0.29, 0.717) is 43.4 Å². The Hall–Kier alpha value is -2.27. The zero-order valence-electron chi connectivity index (χ0n) is 17.8. The van der Waals surface area contributed by atoms with Crippen molar-refractivity contribution in [3.63, 3.8) is 0 Å². The van der Waals surface area contributed by atoms with Crippen LogP contribution in [0.1, 0.15) is 28.1 Å². The summed E-state index contributed by atoms with van der Waals surface area (Å²) in [6.07, 6.45) is 0. The van der Waals surface area contributed by atoms with Crippen LogP contribution in [0.15, 0.2) is 48.5 Å². The number of carboxylic acid groups (broad SMARTS) is 1. The molecular formula is C21H35Cl3N2O7. The summed E-state index contributed by atoms with van der Waals surface area (Å²) in [6.45, 7) is 1.82. The third-order valence-corrected chi connectivity index (χ3v) is 3.15. The molecule has 0 aliphatic carbocycles. The van der Waals surface area contributed by atoms with Crippen molar-refractivity contribution in [2.75, 3.05) is 40.5 Å². The van der Waals surface area contributed by atoms with Crippen molar-refractivity contribution < 1.29 is 34.0 Å². The minimum absolute atomic E-state index is 0. The molecule has 0 atom stereocenters. The van der Waals surface area contributed by atoms with Gasteiger partial charge in [-0.3, -0.25) is 0 Å². The smallest absolute Gasteiger partial charge is 0.337 e. The summed E-state index contributed by atoms with van der Waals surface area (Å²) in [5, 5.41) is 15.6. The number of halogens is 3. The molecule has 0 saturated heterocycles. The first-order valence-electron chi connectivity index (χ1n) is 8.64. The van der Waals surface area contributed by atoms with Crippen LogP contribution < -0.4 is 20.9 Å². The zero-order valence-corrected chi connectivity index (χ0v) is 20.2. The highest BCUT2D eigenvalue weighted by Gasteiger charge is 2.04. The summed E-state index contributed by atoms with van der Waals surface area (Å²) in [5.74, 6) is 0.0410. The second kappa shape index (κ2) is 26.0. The van der Waals surface area contributed by atoms with E-state index in [-0.39, 0.29) is 56.2 Å². The van der Waals surface area contributed by atoms with Crippen LogP contribution in [0.4, 0.5) is 0 Å². The van der Waals surface area contributed by atoms with Crippen molar-refractivity contribution in [1.82, 2.24) is 0 Å². The maximum Gasteiger partial charge on any atom is 0.337 e. The van der Waals surface area contributed by atoms with E-state index >= 15 is 0 Å². The topological polar surface area (TPSA) is 154 Å². The van der Waals surface area contributed by atoms with Crippen molar-refractivity contribution in [2.45, 2.75) is 7.43 Å². The van der Waals surface area contributed by atoms with E-state index in [1.54, 1.807) is 36.4 Å². The van der Waals surface area contributed by atoms with Crippen LogP contribution in [-0.2, 0) is 4.74 Å². The second-order valence-corrected chi connectivity index (χ2v) is 5.12. The molecule has 0 aromatic heterocycles. The Labute approximate surface area is 213 Å². The number of carboxylic acids is 1. The Morgan fingerprint density at radius 2 is 1.09 bits per heavy atom. The van der Waals surface area contributed by atoms with Crippen molar-refractivity contribution in [3.8, 4) is 11.5 Å². The van der Waals surface area contributed by atoms with Crippen molar-refractivity contribution >= 4 is 49.2 Å². The summed E-state index contributed by atoms with van der Waals surface area (Å²) in [4.78, 5) is 21.5. The lowest BCUT2D eigenvalue weighted by atomic mass is 10.2. The van der Waals surface area contributed by atoms with Gasteiger partial charge in [0, 0.05) is 20.2 Å². The predicted molar refractivity (Wildman–Crippen MR) is 137 cm³/mol. The number of aromatic carboxylic acids is 1. The largest absolute Gasteiger partial charge is 0.492 e. The summed E-state index contributed by atoms with van der Waals surface area (Å²) < 4.78 is 15.0. The molecule has 0 radical (unpaired) electrons. The minimum atomic E-state index is -0.939. The van der Waals surface area contributed by atoms with Gasteiger partial charge in [0.05, 0.1) is 18.2 Å². The Kier molecular flexibility index (Phi) is 32.3. The van der Waals surface area contributed by atoms with Gasteiger partial charge in [-0.15, -0.1) is 37.2 Å². The van der Waals surface area contributed by atoms with E-state index in [4.69, 9.17) is 31.2 Å². The lowest BCUT2D eigenvalue weighted by molar-refractivity contribution is 0.0599. The normalized spacial score (nSPS) is 8.03. The van der Waals surface area contributed by atoms with Gasteiger partial charge in [0.1, 0.15) is 24.7 Å². The molecular weight excluding hydrogens is 499 g/mol. The predicted octanol–water partition coefficient (Wildman–Crippen LogP) is 3.04. The molecule has 2 aromatic carbocycles. The molecule has 0 aliphatic rings. The maximum absolute atomic E-state index is 11.1. The molecule has 12 heteroatoms. The number of ether oxygens (including phenoxy) is 3. The van der Waals surface area contributed by atoms with Gasteiger partial charge in [0.2, 0.25) is 0 Å². The van der Waals surface area contributed by atoms with E-state index < -0.39 is 5.97 Å². The van der Waals surface area contributed by atoms with Crippen LogP contribution in [-0.4, -0.2) is 62.7 Å². The molecule has 0 fully saturated rings. The first-order valence-corrected chi connectivity index (χ1v) is 8.64. The summed E-state index contributed by atoms with van der Waals surface area (Å²) in [7, 11) is 2.35. The zero-order chi connectivity index (χ0) is 22.1. The van der Waals surface area contributed by atoms with Gasteiger partial charge < -0.3 is 35.9 Å². The number of carbonyl (C=O) groups excluding carboxylic acids is 1. The Morgan fingerprint density at radius 1 is 0.758 bits per heavy atom. The minimum Gasteiger partial charge on any atom is -0.492 e. The first-order chi connectivity index (χ1) is 14.0. The van der Waals surface area contributed by atoms with Crippen molar-refractivity contribution in [1.29, 1.82) is 0 Å². The summed E-state index contributed by atoms with van der Waals surface area (Å²) in [6, 6.07) is 12.9. The van der Waals surface area contributed by atoms with Gasteiger partial charge in [0.25, 0.3) is 0 Å². The quantitative estimate of drug-likeness (QED) is 0.375. The standard InChI is InChI=1S/C10H13NO3.C9H11NO3.CH4O.CH4.3ClH/c1-13-10(12)8-2-4-9(5-3-8)14-7-6-11;10-5-6-13-8-3-1-7(2-4-8)9(11)12;1-2;;;;/h2-5H,6-7,11H2,1H3;1-4H,5-6,10H2,(H,11,12);2H,1H3;1H4;3*1H. The number of esters is 1. The van der Waals surface area contributed by atoms with Crippen LogP contribution in [0.2, 0.25) is 0 Å². The molecule has 0 aliphatic heterocycles. The number of aliphatic hydroxyl groups is 1. The van der Waals surface area contributed by atoms with Crippen molar-refractivity contribution in [3.05, 3.63) is 59.7 Å². The van der Waals surface area contributed by atoms with Gasteiger partial charge in [-0.2, -0.15) is 0 Å². The maximum atomic E-state index is 11.1. The van der Waals surface area contributed by atoms with Gasteiger partial charge in [0.15, 0.2) is 0 Å². The summed E-state index contributed by atoms with van der Waals surface area (Å²) >= 11 is 0. The fraction of sp³-hybridized carbons (Fsp3) is 0.333. The Balaban J connectivity index is -0.000000132.